The third-order valence-corrected chi connectivity index (χ3v) is 2.86. The Kier molecular flexibility index (Phi) is 5.35. The zero-order chi connectivity index (χ0) is 14.6. The van der Waals surface area contributed by atoms with Crippen molar-refractivity contribution >= 4 is 23.1 Å². The van der Waals surface area contributed by atoms with Crippen LogP contribution in [-0.4, -0.2) is 28.4 Å². The summed E-state index contributed by atoms with van der Waals surface area (Å²) in [5.74, 6) is -2.43. The highest BCUT2D eigenvalue weighted by molar-refractivity contribution is 7.80. The molecule has 104 valence electrons. The van der Waals surface area contributed by atoms with Gasteiger partial charge >= 0.3 is 0 Å². The Bertz CT molecular complexity index is 471. The van der Waals surface area contributed by atoms with Gasteiger partial charge in [-0.05, 0) is 26.0 Å². The zero-order valence-electron chi connectivity index (χ0n) is 10.8. The van der Waals surface area contributed by atoms with Gasteiger partial charge in [-0.15, -0.1) is 0 Å². The van der Waals surface area contributed by atoms with E-state index in [-0.39, 0.29) is 17.6 Å². The van der Waals surface area contributed by atoms with E-state index in [9.17, 15) is 13.6 Å². The highest BCUT2D eigenvalue weighted by atomic mass is 32.1. The van der Waals surface area contributed by atoms with Crippen LogP contribution in [0.2, 0.25) is 0 Å². The monoisotopic (exact) mass is 286 g/mol. The fourth-order valence-electron chi connectivity index (χ4n) is 1.67. The first-order valence-corrected chi connectivity index (χ1v) is 6.28. The van der Waals surface area contributed by atoms with Crippen molar-refractivity contribution in [3.63, 3.8) is 0 Å². The maximum Gasteiger partial charge on any atom is 0.260 e. The van der Waals surface area contributed by atoms with Gasteiger partial charge in [-0.3, -0.25) is 4.79 Å². The Morgan fingerprint density at radius 2 is 1.89 bits per heavy atom. The van der Waals surface area contributed by atoms with E-state index in [1.54, 1.807) is 13.8 Å². The van der Waals surface area contributed by atoms with E-state index < -0.39 is 23.1 Å². The Morgan fingerprint density at radius 3 is 2.32 bits per heavy atom. The number of rotatable bonds is 5. The number of nitrogens with zero attached hydrogens (tertiary/aromatic N) is 1. The summed E-state index contributed by atoms with van der Waals surface area (Å²) >= 11 is 4.75. The molecule has 0 radical (unpaired) electrons. The fourth-order valence-corrected chi connectivity index (χ4v) is 1.76. The molecule has 0 fully saturated rings. The molecule has 0 bridgehead atoms. The molecule has 6 heteroatoms. The summed E-state index contributed by atoms with van der Waals surface area (Å²) in [6.45, 7) is 3.76. The Balaban J connectivity index is 3.03. The van der Waals surface area contributed by atoms with Crippen molar-refractivity contribution in [3.8, 4) is 0 Å². The summed E-state index contributed by atoms with van der Waals surface area (Å²) in [5.41, 5.74) is 4.84. The van der Waals surface area contributed by atoms with Gasteiger partial charge in [0.15, 0.2) is 0 Å². The first-order chi connectivity index (χ1) is 8.84. The molecule has 1 aromatic rings. The molecule has 2 N–H and O–H groups in total. The van der Waals surface area contributed by atoms with Crippen LogP contribution in [0.25, 0.3) is 0 Å². The summed E-state index contributed by atoms with van der Waals surface area (Å²) in [6, 6.07) is 3.13. The molecule has 1 amide bonds. The van der Waals surface area contributed by atoms with Crippen LogP contribution in [0.4, 0.5) is 8.78 Å². The van der Waals surface area contributed by atoms with Gasteiger partial charge in [0.25, 0.3) is 5.91 Å². The minimum Gasteiger partial charge on any atom is -0.393 e. The van der Waals surface area contributed by atoms with Crippen LogP contribution < -0.4 is 5.73 Å². The topological polar surface area (TPSA) is 46.3 Å². The molecule has 0 atom stereocenters. The van der Waals surface area contributed by atoms with E-state index in [4.69, 9.17) is 18.0 Å². The molecule has 0 aliphatic heterocycles. The average molecular weight is 286 g/mol. The Morgan fingerprint density at radius 1 is 1.37 bits per heavy atom. The van der Waals surface area contributed by atoms with Crippen LogP contribution >= 0.6 is 12.2 Å². The molecular formula is C13H16F2N2OS. The lowest BCUT2D eigenvalue weighted by Gasteiger charge is -2.27. The van der Waals surface area contributed by atoms with Crippen molar-refractivity contribution in [1.82, 2.24) is 4.90 Å². The van der Waals surface area contributed by atoms with Gasteiger partial charge in [-0.1, -0.05) is 18.3 Å². The predicted molar refractivity (Wildman–Crippen MR) is 73.9 cm³/mol. The number of nitrogens with two attached hydrogens (primary N) is 1. The van der Waals surface area contributed by atoms with Crippen molar-refractivity contribution in [2.45, 2.75) is 26.3 Å². The van der Waals surface area contributed by atoms with Crippen LogP contribution in [0.3, 0.4) is 0 Å². The second-order valence-corrected chi connectivity index (χ2v) is 4.93. The van der Waals surface area contributed by atoms with E-state index in [1.807, 2.05) is 0 Å². The molecule has 19 heavy (non-hydrogen) atoms. The van der Waals surface area contributed by atoms with Crippen molar-refractivity contribution in [1.29, 1.82) is 0 Å². The maximum atomic E-state index is 13.6. The second kappa shape index (κ2) is 6.56. The predicted octanol–water partition coefficient (Wildman–Crippen LogP) is 2.49. The Labute approximate surface area is 116 Å². The normalized spacial score (nSPS) is 10.6. The lowest BCUT2D eigenvalue weighted by Crippen LogP contribution is -2.39. The zero-order valence-corrected chi connectivity index (χ0v) is 11.6. The van der Waals surface area contributed by atoms with Gasteiger partial charge in [0, 0.05) is 19.0 Å². The molecule has 0 aromatic heterocycles. The number of hydrogen-bond acceptors (Lipinski definition) is 2. The third-order valence-electron chi connectivity index (χ3n) is 2.66. The lowest BCUT2D eigenvalue weighted by molar-refractivity contribution is 0.0701. The summed E-state index contributed by atoms with van der Waals surface area (Å²) in [5, 5.41) is 0. The van der Waals surface area contributed by atoms with E-state index in [1.165, 1.54) is 11.0 Å². The van der Waals surface area contributed by atoms with Gasteiger partial charge in [-0.2, -0.15) is 0 Å². The van der Waals surface area contributed by atoms with E-state index >= 15 is 0 Å². The summed E-state index contributed by atoms with van der Waals surface area (Å²) in [4.78, 5) is 13.8. The molecule has 3 nitrogen and oxygen atoms in total. The van der Waals surface area contributed by atoms with Crippen LogP contribution in [0, 0.1) is 11.6 Å². The number of amides is 1. The molecule has 0 saturated heterocycles. The van der Waals surface area contributed by atoms with Crippen molar-refractivity contribution in [3.05, 3.63) is 35.4 Å². The molecular weight excluding hydrogens is 270 g/mol. The van der Waals surface area contributed by atoms with E-state index in [0.717, 1.165) is 12.1 Å². The third kappa shape index (κ3) is 3.96. The average Bonchev–Trinajstić information content (AvgIpc) is 2.27. The molecule has 0 unspecified atom stereocenters. The van der Waals surface area contributed by atoms with Crippen LogP contribution in [0.15, 0.2) is 18.2 Å². The molecule has 0 saturated carbocycles. The molecule has 0 aliphatic carbocycles. The van der Waals surface area contributed by atoms with Crippen LogP contribution in [0.1, 0.15) is 30.6 Å². The van der Waals surface area contributed by atoms with Gasteiger partial charge in [0.05, 0.1) is 4.99 Å². The minimum absolute atomic E-state index is 0.208. The summed E-state index contributed by atoms with van der Waals surface area (Å²) in [7, 11) is 0. The maximum absolute atomic E-state index is 13.6. The number of halogens is 2. The van der Waals surface area contributed by atoms with E-state index in [2.05, 4.69) is 0 Å². The van der Waals surface area contributed by atoms with Gasteiger partial charge in [0.1, 0.15) is 17.2 Å². The minimum atomic E-state index is -0.869. The first-order valence-electron chi connectivity index (χ1n) is 5.88. The fraction of sp³-hybridized carbons (Fsp3) is 0.385. The molecule has 0 aliphatic rings. The smallest absolute Gasteiger partial charge is 0.260 e. The number of carbonyl (C=O) groups is 1. The number of carbonyl (C=O) groups excluding carboxylic acids is 1. The first kappa shape index (κ1) is 15.5. The SMILES string of the molecule is CC(C)N(CCC(N)=S)C(=O)c1c(F)cccc1F. The van der Waals surface area contributed by atoms with Gasteiger partial charge in [0.2, 0.25) is 0 Å². The largest absolute Gasteiger partial charge is 0.393 e. The summed E-state index contributed by atoms with van der Waals surface area (Å²) in [6.07, 6.45) is 0.315. The molecule has 1 rings (SSSR count). The number of hydrogen-bond donors (Lipinski definition) is 1. The summed E-state index contributed by atoms with van der Waals surface area (Å²) < 4.78 is 27.2. The van der Waals surface area contributed by atoms with Crippen LogP contribution in [0.5, 0.6) is 0 Å². The highest BCUT2D eigenvalue weighted by Gasteiger charge is 2.24. The standard InChI is InChI=1S/C13H16F2N2OS/c1-8(2)17(7-6-11(16)19)13(18)12-9(14)4-3-5-10(12)15/h3-5,8H,6-7H2,1-2H3,(H2,16,19). The lowest BCUT2D eigenvalue weighted by atomic mass is 10.1. The van der Waals surface area contributed by atoms with E-state index in [0.29, 0.717) is 6.42 Å². The second-order valence-electron chi connectivity index (χ2n) is 4.41. The quantitative estimate of drug-likeness (QED) is 0.846. The molecule has 1 aromatic carbocycles. The van der Waals surface area contributed by atoms with Crippen LogP contribution in [-0.2, 0) is 0 Å². The molecule has 0 spiro atoms. The number of benzene rings is 1. The number of thiocarbonyl (C=S) groups is 1. The molecule has 0 heterocycles. The highest BCUT2D eigenvalue weighted by Crippen LogP contribution is 2.16. The van der Waals surface area contributed by atoms with Crippen molar-refractivity contribution in [2.75, 3.05) is 6.54 Å². The van der Waals surface area contributed by atoms with Gasteiger partial charge < -0.3 is 10.6 Å². The van der Waals surface area contributed by atoms with Crippen molar-refractivity contribution in [2.24, 2.45) is 5.73 Å². The van der Waals surface area contributed by atoms with Crippen molar-refractivity contribution < 1.29 is 13.6 Å². The Hall–Kier alpha value is -1.56. The van der Waals surface area contributed by atoms with Gasteiger partial charge in [-0.25, -0.2) is 8.78 Å².